The average Bonchev–Trinajstić information content (AvgIpc) is 3.02. The molecule has 0 spiro atoms. The van der Waals surface area contributed by atoms with Gasteiger partial charge in [0, 0.05) is 37.7 Å². The van der Waals surface area contributed by atoms with E-state index in [-0.39, 0.29) is 17.3 Å². The first kappa shape index (κ1) is 19.0. The summed E-state index contributed by atoms with van der Waals surface area (Å²) < 4.78 is 5.93. The Morgan fingerprint density at radius 3 is 2.54 bits per heavy atom. The number of phenols is 1. The topological polar surface area (TPSA) is 53.0 Å². The Kier molecular flexibility index (Phi) is 5.40. The van der Waals surface area contributed by atoms with Crippen molar-refractivity contribution in [1.29, 1.82) is 0 Å². The molecule has 0 bridgehead atoms. The Labute approximate surface area is 169 Å². The first-order chi connectivity index (χ1) is 13.6. The number of benzene rings is 2. The van der Waals surface area contributed by atoms with Gasteiger partial charge in [-0.05, 0) is 36.4 Å². The number of Topliss-reactive ketones (excluding diaryl/α,β-unsaturated/α-hetero) is 1. The number of carbonyl (C=O) groups excluding carboxylic acids is 1. The normalized spacial score (nSPS) is 19.1. The van der Waals surface area contributed by atoms with Crippen LogP contribution in [-0.2, 0) is 6.54 Å². The van der Waals surface area contributed by atoms with Crippen LogP contribution in [0.5, 0.6) is 11.5 Å². The first-order valence-corrected chi connectivity index (χ1v) is 9.93. The van der Waals surface area contributed by atoms with Gasteiger partial charge in [-0.25, -0.2) is 0 Å². The lowest BCUT2D eigenvalue weighted by Gasteiger charge is -2.34. The number of carbonyl (C=O) groups is 1. The maximum Gasteiger partial charge on any atom is 0.231 e. The van der Waals surface area contributed by atoms with Gasteiger partial charge in [-0.2, -0.15) is 0 Å². The van der Waals surface area contributed by atoms with E-state index in [0.29, 0.717) is 28.4 Å². The number of aromatic hydroxyl groups is 1. The molecule has 146 valence electrons. The molecule has 4 rings (SSSR count). The van der Waals surface area contributed by atoms with E-state index in [9.17, 15) is 9.90 Å². The third-order valence-electron chi connectivity index (χ3n) is 5.40. The van der Waals surface area contributed by atoms with Gasteiger partial charge in [-0.15, -0.1) is 0 Å². The molecule has 1 fully saturated rings. The van der Waals surface area contributed by atoms with Gasteiger partial charge in [0.15, 0.2) is 5.76 Å². The number of allylic oxidation sites excluding steroid dienone is 1. The summed E-state index contributed by atoms with van der Waals surface area (Å²) in [7, 11) is 0. The van der Waals surface area contributed by atoms with E-state index in [2.05, 4.69) is 16.7 Å². The summed E-state index contributed by atoms with van der Waals surface area (Å²) in [5.74, 6) is 0.655. The van der Waals surface area contributed by atoms with Crippen LogP contribution in [0.1, 0.15) is 28.4 Å². The lowest BCUT2D eigenvalue weighted by molar-refractivity contribution is 0.101. The standard InChI is InChI=1S/C22H23ClN2O3/c1-2-24-9-11-25(12-10-24)14-17-19(26)8-7-16-21(27)20(28-22(16)17)13-15-5-3-4-6-18(15)23/h3-8,13,26H,2,9-12,14H2,1H3/b20-13-. The Morgan fingerprint density at radius 1 is 1.11 bits per heavy atom. The molecule has 2 aromatic carbocycles. The van der Waals surface area contributed by atoms with E-state index in [1.54, 1.807) is 24.3 Å². The number of halogens is 1. The SMILES string of the molecule is CCN1CCN(Cc2c(O)ccc3c2O/C(=C\c2ccccc2Cl)C3=O)CC1. The molecule has 2 heterocycles. The molecule has 0 saturated carbocycles. The number of ether oxygens (including phenoxy) is 1. The van der Waals surface area contributed by atoms with Crippen molar-refractivity contribution in [3.05, 3.63) is 63.9 Å². The monoisotopic (exact) mass is 398 g/mol. The summed E-state index contributed by atoms with van der Waals surface area (Å²) in [5.41, 5.74) is 1.87. The predicted octanol–water partition coefficient (Wildman–Crippen LogP) is 3.80. The van der Waals surface area contributed by atoms with E-state index in [1.807, 2.05) is 18.2 Å². The smallest absolute Gasteiger partial charge is 0.231 e. The number of phenolic OH excluding ortho intramolecular Hbond substituents is 1. The highest BCUT2D eigenvalue weighted by molar-refractivity contribution is 6.32. The van der Waals surface area contributed by atoms with Gasteiger partial charge in [0.05, 0.1) is 11.1 Å². The highest BCUT2D eigenvalue weighted by Crippen LogP contribution is 2.40. The summed E-state index contributed by atoms with van der Waals surface area (Å²) in [6.45, 7) is 7.62. The fourth-order valence-electron chi connectivity index (χ4n) is 3.67. The van der Waals surface area contributed by atoms with E-state index in [0.717, 1.165) is 38.3 Å². The van der Waals surface area contributed by atoms with Gasteiger partial charge in [-0.1, -0.05) is 36.7 Å². The average molecular weight is 399 g/mol. The van der Waals surface area contributed by atoms with Gasteiger partial charge in [-0.3, -0.25) is 9.69 Å². The number of fused-ring (bicyclic) bond motifs is 1. The second kappa shape index (κ2) is 7.95. The van der Waals surface area contributed by atoms with Crippen LogP contribution in [0.15, 0.2) is 42.2 Å². The molecule has 2 aliphatic rings. The van der Waals surface area contributed by atoms with Gasteiger partial charge in [0.2, 0.25) is 5.78 Å². The Morgan fingerprint density at radius 2 is 1.82 bits per heavy atom. The molecule has 2 aromatic rings. The minimum Gasteiger partial charge on any atom is -0.507 e. The Balaban J connectivity index is 1.60. The quantitative estimate of drug-likeness (QED) is 0.794. The van der Waals surface area contributed by atoms with Crippen molar-refractivity contribution in [2.45, 2.75) is 13.5 Å². The molecule has 1 N–H and O–H groups in total. The van der Waals surface area contributed by atoms with Crippen LogP contribution in [0.4, 0.5) is 0 Å². The largest absolute Gasteiger partial charge is 0.507 e. The van der Waals surface area contributed by atoms with Crippen LogP contribution in [0.25, 0.3) is 6.08 Å². The second-order valence-corrected chi connectivity index (χ2v) is 7.52. The molecular formula is C22H23ClN2O3. The summed E-state index contributed by atoms with van der Waals surface area (Å²) in [6, 6.07) is 10.5. The third kappa shape index (κ3) is 3.65. The van der Waals surface area contributed by atoms with Crippen LogP contribution in [0.3, 0.4) is 0 Å². The zero-order chi connectivity index (χ0) is 19.7. The van der Waals surface area contributed by atoms with Crippen LogP contribution >= 0.6 is 11.6 Å². The van der Waals surface area contributed by atoms with Crippen molar-refractivity contribution in [2.24, 2.45) is 0 Å². The molecule has 28 heavy (non-hydrogen) atoms. The van der Waals surface area contributed by atoms with Crippen LogP contribution < -0.4 is 4.74 Å². The van der Waals surface area contributed by atoms with E-state index in [1.165, 1.54) is 0 Å². The van der Waals surface area contributed by atoms with Gasteiger partial charge < -0.3 is 14.7 Å². The Bertz CT molecular complexity index is 933. The summed E-state index contributed by atoms with van der Waals surface area (Å²) >= 11 is 6.21. The molecule has 0 aliphatic carbocycles. The van der Waals surface area contributed by atoms with Crippen molar-refractivity contribution >= 4 is 23.5 Å². The number of hydrogen-bond acceptors (Lipinski definition) is 5. The maximum atomic E-state index is 12.8. The second-order valence-electron chi connectivity index (χ2n) is 7.11. The molecule has 0 atom stereocenters. The van der Waals surface area contributed by atoms with Crippen LogP contribution in [0.2, 0.25) is 5.02 Å². The van der Waals surface area contributed by atoms with E-state index >= 15 is 0 Å². The summed E-state index contributed by atoms with van der Waals surface area (Å²) in [6.07, 6.45) is 1.66. The lowest BCUT2D eigenvalue weighted by Crippen LogP contribution is -2.45. The molecule has 2 aliphatic heterocycles. The number of piperazine rings is 1. The molecule has 0 unspecified atom stereocenters. The van der Waals surface area contributed by atoms with Crippen molar-refractivity contribution in [3.8, 4) is 11.5 Å². The van der Waals surface area contributed by atoms with E-state index in [4.69, 9.17) is 16.3 Å². The summed E-state index contributed by atoms with van der Waals surface area (Å²) in [5, 5.41) is 11.0. The number of likely N-dealkylation sites (N-methyl/N-ethyl adjacent to an activating group) is 1. The Hall–Kier alpha value is -2.34. The third-order valence-corrected chi connectivity index (χ3v) is 5.75. The molecule has 1 saturated heterocycles. The van der Waals surface area contributed by atoms with Gasteiger partial charge >= 0.3 is 0 Å². The van der Waals surface area contributed by atoms with Crippen molar-refractivity contribution < 1.29 is 14.6 Å². The van der Waals surface area contributed by atoms with Crippen molar-refractivity contribution in [1.82, 2.24) is 9.80 Å². The summed E-state index contributed by atoms with van der Waals surface area (Å²) in [4.78, 5) is 17.5. The highest BCUT2D eigenvalue weighted by Gasteiger charge is 2.32. The zero-order valence-electron chi connectivity index (χ0n) is 15.8. The molecule has 6 heteroatoms. The highest BCUT2D eigenvalue weighted by atomic mass is 35.5. The van der Waals surface area contributed by atoms with Gasteiger partial charge in [0.25, 0.3) is 0 Å². The molecule has 0 aromatic heterocycles. The lowest BCUT2D eigenvalue weighted by atomic mass is 10.0. The number of ketones is 1. The zero-order valence-corrected chi connectivity index (χ0v) is 16.6. The minimum atomic E-state index is -0.188. The fourth-order valence-corrected chi connectivity index (χ4v) is 3.86. The fraction of sp³-hybridized carbons (Fsp3) is 0.318. The van der Waals surface area contributed by atoms with Gasteiger partial charge in [0.1, 0.15) is 11.5 Å². The molecule has 0 amide bonds. The minimum absolute atomic E-state index is 0.156. The number of hydrogen-bond donors (Lipinski definition) is 1. The number of rotatable bonds is 4. The van der Waals surface area contributed by atoms with Crippen molar-refractivity contribution in [3.63, 3.8) is 0 Å². The number of nitrogens with zero attached hydrogens (tertiary/aromatic N) is 2. The predicted molar refractivity (Wildman–Crippen MR) is 110 cm³/mol. The molecule has 5 nitrogen and oxygen atoms in total. The maximum absolute atomic E-state index is 12.8. The first-order valence-electron chi connectivity index (χ1n) is 9.55. The molecular weight excluding hydrogens is 376 g/mol. The van der Waals surface area contributed by atoms with Crippen molar-refractivity contribution in [2.75, 3.05) is 32.7 Å². The van der Waals surface area contributed by atoms with Crippen LogP contribution in [-0.4, -0.2) is 53.4 Å². The molecule has 0 radical (unpaired) electrons. The van der Waals surface area contributed by atoms with Crippen LogP contribution in [0, 0.1) is 0 Å². The van der Waals surface area contributed by atoms with E-state index < -0.39 is 0 Å².